The number of nitrogens with zero attached hydrogens (tertiary/aromatic N) is 1. The zero-order chi connectivity index (χ0) is 19.2. The summed E-state index contributed by atoms with van der Waals surface area (Å²) in [7, 11) is -3.92. The van der Waals surface area contributed by atoms with Crippen LogP contribution in [0.1, 0.15) is 36.2 Å². The van der Waals surface area contributed by atoms with Gasteiger partial charge in [-0.25, -0.2) is 8.42 Å². The number of hydrogen-bond acceptors (Lipinski definition) is 4. The Balaban J connectivity index is 2.20. The van der Waals surface area contributed by atoms with Crippen molar-refractivity contribution in [2.24, 2.45) is 5.92 Å². The molecule has 0 bridgehead atoms. The van der Waals surface area contributed by atoms with Gasteiger partial charge in [0.15, 0.2) is 0 Å². The second-order valence-corrected chi connectivity index (χ2v) is 7.91. The number of carbonyl (C=O) groups is 1. The minimum Gasteiger partial charge on any atom is -0.352 e. The maximum absolute atomic E-state index is 12.6. The number of anilines is 1. The summed E-state index contributed by atoms with van der Waals surface area (Å²) in [6.45, 7) is 4.65. The van der Waals surface area contributed by atoms with Gasteiger partial charge in [0, 0.05) is 12.1 Å². The van der Waals surface area contributed by atoms with Crippen LogP contribution in [0, 0.1) is 17.2 Å². The van der Waals surface area contributed by atoms with Gasteiger partial charge in [0.05, 0.1) is 16.1 Å². The minimum atomic E-state index is -3.92. The molecule has 26 heavy (non-hydrogen) atoms. The Hall–Kier alpha value is -2.85. The Bertz CT molecular complexity index is 931. The largest absolute Gasteiger partial charge is 0.352 e. The van der Waals surface area contributed by atoms with Crippen LogP contribution in [0.4, 0.5) is 5.69 Å². The van der Waals surface area contributed by atoms with E-state index in [1.807, 2.05) is 6.07 Å². The molecule has 0 heterocycles. The highest BCUT2D eigenvalue weighted by atomic mass is 32.2. The van der Waals surface area contributed by atoms with Crippen LogP contribution in [-0.4, -0.2) is 20.9 Å². The molecular weight excluding hydrogens is 350 g/mol. The standard InChI is InChI=1S/C19H21N3O3S/c1-14(2)10-11-21-19(23)15-7-5-8-17(12-15)26(24,25)22-18-9-4-3-6-16(18)13-20/h3-9,12,14,22H,10-11H2,1-2H3,(H,21,23). The number of rotatable bonds is 7. The number of nitrogens with one attached hydrogen (secondary N) is 2. The van der Waals surface area contributed by atoms with E-state index >= 15 is 0 Å². The Morgan fingerprint density at radius 1 is 1.15 bits per heavy atom. The Morgan fingerprint density at radius 2 is 1.88 bits per heavy atom. The number of hydrogen-bond donors (Lipinski definition) is 2. The van der Waals surface area contributed by atoms with E-state index < -0.39 is 10.0 Å². The summed E-state index contributed by atoms with van der Waals surface area (Å²) in [5.74, 6) is 0.145. The predicted octanol–water partition coefficient (Wildman–Crippen LogP) is 3.13. The molecule has 0 fully saturated rings. The van der Waals surface area contributed by atoms with Crippen LogP contribution < -0.4 is 10.0 Å². The van der Waals surface area contributed by atoms with Gasteiger partial charge in [0.25, 0.3) is 15.9 Å². The third-order valence-electron chi connectivity index (χ3n) is 3.71. The molecule has 2 rings (SSSR count). The summed E-state index contributed by atoms with van der Waals surface area (Å²) in [4.78, 5) is 12.2. The first-order chi connectivity index (χ1) is 12.3. The molecule has 0 aliphatic carbocycles. The van der Waals surface area contributed by atoms with E-state index in [1.54, 1.807) is 18.2 Å². The lowest BCUT2D eigenvalue weighted by molar-refractivity contribution is 0.0952. The zero-order valence-corrected chi connectivity index (χ0v) is 15.5. The quantitative estimate of drug-likeness (QED) is 0.781. The van der Waals surface area contributed by atoms with Crippen molar-refractivity contribution in [1.29, 1.82) is 5.26 Å². The van der Waals surface area contributed by atoms with Crippen LogP contribution in [0.3, 0.4) is 0 Å². The lowest BCUT2D eigenvalue weighted by atomic mass is 10.1. The Morgan fingerprint density at radius 3 is 2.58 bits per heavy atom. The van der Waals surface area contributed by atoms with Gasteiger partial charge in [-0.3, -0.25) is 9.52 Å². The van der Waals surface area contributed by atoms with Gasteiger partial charge in [0.2, 0.25) is 0 Å². The molecule has 2 N–H and O–H groups in total. The monoisotopic (exact) mass is 371 g/mol. The molecule has 1 amide bonds. The van der Waals surface area contributed by atoms with Gasteiger partial charge in [0.1, 0.15) is 6.07 Å². The maximum atomic E-state index is 12.6. The molecule has 0 aliphatic heterocycles. The minimum absolute atomic E-state index is 0.0400. The topological polar surface area (TPSA) is 99.1 Å². The summed E-state index contributed by atoms with van der Waals surface area (Å²) in [6, 6.07) is 14.1. The van der Waals surface area contributed by atoms with E-state index in [1.165, 1.54) is 30.3 Å². The van der Waals surface area contributed by atoms with Crippen molar-refractivity contribution in [2.75, 3.05) is 11.3 Å². The van der Waals surface area contributed by atoms with Crippen molar-refractivity contribution in [3.63, 3.8) is 0 Å². The van der Waals surface area contributed by atoms with Gasteiger partial charge in [-0.2, -0.15) is 5.26 Å². The van der Waals surface area contributed by atoms with E-state index in [-0.39, 0.29) is 27.6 Å². The molecule has 2 aromatic rings. The average Bonchev–Trinajstić information content (AvgIpc) is 2.61. The van der Waals surface area contributed by atoms with Gasteiger partial charge in [-0.1, -0.05) is 32.0 Å². The Kier molecular flexibility index (Phi) is 6.36. The molecule has 0 saturated heterocycles. The first kappa shape index (κ1) is 19.5. The van der Waals surface area contributed by atoms with Crippen molar-refractivity contribution >= 4 is 21.6 Å². The van der Waals surface area contributed by atoms with Crippen LogP contribution in [0.5, 0.6) is 0 Å². The summed E-state index contributed by atoms with van der Waals surface area (Å²) in [6.07, 6.45) is 0.843. The van der Waals surface area contributed by atoms with Crippen molar-refractivity contribution in [3.8, 4) is 6.07 Å². The number of nitriles is 1. The lowest BCUT2D eigenvalue weighted by Crippen LogP contribution is -2.25. The molecule has 0 aromatic heterocycles. The first-order valence-electron chi connectivity index (χ1n) is 8.23. The van der Waals surface area contributed by atoms with Crippen LogP contribution >= 0.6 is 0 Å². The summed E-state index contributed by atoms with van der Waals surface area (Å²) >= 11 is 0. The van der Waals surface area contributed by atoms with Crippen molar-refractivity contribution < 1.29 is 13.2 Å². The van der Waals surface area contributed by atoms with Gasteiger partial charge < -0.3 is 5.32 Å². The SMILES string of the molecule is CC(C)CCNC(=O)c1cccc(S(=O)(=O)Nc2ccccc2C#N)c1. The highest BCUT2D eigenvalue weighted by molar-refractivity contribution is 7.92. The molecule has 7 heteroatoms. The number of sulfonamides is 1. The Labute approximate surface area is 153 Å². The number of carbonyl (C=O) groups excluding carboxylic acids is 1. The van der Waals surface area contributed by atoms with Gasteiger partial charge in [-0.15, -0.1) is 0 Å². The summed E-state index contributed by atoms with van der Waals surface area (Å²) < 4.78 is 27.6. The van der Waals surface area contributed by atoms with Crippen LogP contribution in [0.2, 0.25) is 0 Å². The van der Waals surface area contributed by atoms with E-state index in [2.05, 4.69) is 23.9 Å². The first-order valence-corrected chi connectivity index (χ1v) is 9.72. The maximum Gasteiger partial charge on any atom is 0.261 e. The summed E-state index contributed by atoms with van der Waals surface area (Å²) in [5, 5.41) is 11.9. The number of amides is 1. The van der Waals surface area contributed by atoms with Crippen LogP contribution in [-0.2, 0) is 10.0 Å². The highest BCUT2D eigenvalue weighted by Crippen LogP contribution is 2.20. The molecule has 0 radical (unpaired) electrons. The van der Waals surface area contributed by atoms with Crippen molar-refractivity contribution in [1.82, 2.24) is 5.32 Å². The highest BCUT2D eigenvalue weighted by Gasteiger charge is 2.18. The second-order valence-electron chi connectivity index (χ2n) is 6.23. The summed E-state index contributed by atoms with van der Waals surface area (Å²) in [5.41, 5.74) is 0.686. The normalized spacial score (nSPS) is 11.0. The van der Waals surface area contributed by atoms with E-state index in [0.29, 0.717) is 12.5 Å². The molecule has 0 saturated carbocycles. The predicted molar refractivity (Wildman–Crippen MR) is 100 cm³/mol. The average molecular weight is 371 g/mol. The van der Waals surface area contributed by atoms with Crippen molar-refractivity contribution in [3.05, 3.63) is 59.7 Å². The molecule has 2 aromatic carbocycles. The van der Waals surface area contributed by atoms with E-state index in [0.717, 1.165) is 6.42 Å². The van der Waals surface area contributed by atoms with Gasteiger partial charge >= 0.3 is 0 Å². The van der Waals surface area contributed by atoms with Crippen LogP contribution in [0.15, 0.2) is 53.4 Å². The molecule has 0 aliphatic rings. The third-order valence-corrected chi connectivity index (χ3v) is 5.07. The number of para-hydroxylation sites is 1. The van der Waals surface area contributed by atoms with E-state index in [9.17, 15) is 13.2 Å². The smallest absolute Gasteiger partial charge is 0.261 e. The number of benzene rings is 2. The second kappa shape index (κ2) is 8.50. The van der Waals surface area contributed by atoms with Crippen LogP contribution in [0.25, 0.3) is 0 Å². The zero-order valence-electron chi connectivity index (χ0n) is 14.7. The van der Waals surface area contributed by atoms with E-state index in [4.69, 9.17) is 5.26 Å². The molecule has 6 nitrogen and oxygen atoms in total. The fourth-order valence-corrected chi connectivity index (χ4v) is 3.38. The third kappa shape index (κ3) is 5.07. The van der Waals surface area contributed by atoms with Gasteiger partial charge in [-0.05, 0) is 42.7 Å². The molecule has 0 unspecified atom stereocenters. The fourth-order valence-electron chi connectivity index (χ4n) is 2.25. The lowest BCUT2D eigenvalue weighted by Gasteiger charge is -2.11. The molecule has 0 spiro atoms. The molecular formula is C19H21N3O3S. The van der Waals surface area contributed by atoms with Crippen molar-refractivity contribution in [2.45, 2.75) is 25.2 Å². The molecule has 0 atom stereocenters. The molecule has 136 valence electrons. The fraction of sp³-hybridized carbons (Fsp3) is 0.263.